The largest absolute Gasteiger partial charge is 0.848 e. The predicted octanol–water partition coefficient (Wildman–Crippen LogP) is 0.331. The molecule has 0 saturated carbocycles. The van der Waals surface area contributed by atoms with Gasteiger partial charge < -0.3 is 14.6 Å². The van der Waals surface area contributed by atoms with Gasteiger partial charge in [0.25, 0.3) is 0 Å². The molecular formula is C11H13O3-. The minimum absolute atomic E-state index is 0.106. The Kier molecular flexibility index (Phi) is 3.14. The number of rotatable bonds is 5. The molecule has 0 N–H and O–H groups in total. The van der Waals surface area contributed by atoms with Crippen molar-refractivity contribution in [3.8, 4) is 0 Å². The Morgan fingerprint density at radius 2 is 2.14 bits per heavy atom. The Morgan fingerprint density at radius 3 is 2.79 bits per heavy atom. The average Bonchev–Trinajstić information content (AvgIpc) is 3.02. The number of hydrogen-bond donors (Lipinski definition) is 0. The van der Waals surface area contributed by atoms with Crippen molar-refractivity contribution in [2.75, 3.05) is 13.2 Å². The van der Waals surface area contributed by atoms with Crippen LogP contribution in [0.4, 0.5) is 0 Å². The maximum atomic E-state index is 11.2. The molecule has 1 aliphatic heterocycles. The second-order valence-electron chi connectivity index (χ2n) is 3.41. The minimum atomic E-state index is -0.723. The third kappa shape index (κ3) is 2.80. The van der Waals surface area contributed by atoms with Crippen LogP contribution < -0.4 is 5.11 Å². The Bertz CT molecular complexity index is 269. The van der Waals surface area contributed by atoms with Crippen LogP contribution in [-0.4, -0.2) is 25.4 Å². The number of ether oxygens (including phenoxy) is 2. The summed E-state index contributed by atoms with van der Waals surface area (Å²) in [6.45, 7) is 1.34. The molecule has 0 unspecified atom stereocenters. The molecular weight excluding hydrogens is 180 g/mol. The van der Waals surface area contributed by atoms with E-state index in [-0.39, 0.29) is 12.7 Å². The molecule has 1 fully saturated rings. The summed E-state index contributed by atoms with van der Waals surface area (Å²) in [6, 6.07) is 9.83. The number of hydrogen-bond acceptors (Lipinski definition) is 3. The highest BCUT2D eigenvalue weighted by molar-refractivity contribution is 5.13. The summed E-state index contributed by atoms with van der Waals surface area (Å²) < 4.78 is 10.2. The first kappa shape index (κ1) is 9.65. The smallest absolute Gasteiger partial charge is 0.0723 e. The van der Waals surface area contributed by atoms with E-state index in [2.05, 4.69) is 0 Å². The summed E-state index contributed by atoms with van der Waals surface area (Å²) in [6.07, 6.45) is -0.829. The molecule has 0 spiro atoms. The summed E-state index contributed by atoms with van der Waals surface area (Å²) >= 11 is 0. The standard InChI is InChI=1S/C11H13O3/c12-10(11-8-14-11)7-13-6-9-4-2-1-3-5-9/h1-5,10-11H,6-8H2/q-1/t10-,11+/m1/s1. The topological polar surface area (TPSA) is 44.8 Å². The zero-order valence-electron chi connectivity index (χ0n) is 7.89. The van der Waals surface area contributed by atoms with E-state index < -0.39 is 6.10 Å². The van der Waals surface area contributed by atoms with Crippen LogP contribution in [0.2, 0.25) is 0 Å². The SMILES string of the molecule is [O-][C@H](COCc1ccccc1)[C@@H]1CO1. The van der Waals surface area contributed by atoms with Gasteiger partial charge in [-0.15, -0.1) is 0 Å². The molecule has 3 heteroatoms. The molecule has 14 heavy (non-hydrogen) atoms. The van der Waals surface area contributed by atoms with E-state index in [9.17, 15) is 5.11 Å². The number of epoxide rings is 1. The third-order valence-corrected chi connectivity index (χ3v) is 2.17. The lowest BCUT2D eigenvalue weighted by Gasteiger charge is -2.19. The zero-order chi connectivity index (χ0) is 9.80. The van der Waals surface area contributed by atoms with E-state index in [1.165, 1.54) is 0 Å². The van der Waals surface area contributed by atoms with Crippen molar-refractivity contribution in [2.45, 2.75) is 18.8 Å². The van der Waals surface area contributed by atoms with E-state index in [0.29, 0.717) is 13.2 Å². The van der Waals surface area contributed by atoms with Gasteiger partial charge in [-0.05, 0) is 5.56 Å². The molecule has 0 bridgehead atoms. The Labute approximate surface area is 83.3 Å². The molecule has 2 rings (SSSR count). The second-order valence-corrected chi connectivity index (χ2v) is 3.41. The fourth-order valence-corrected chi connectivity index (χ4v) is 1.24. The van der Waals surface area contributed by atoms with E-state index in [4.69, 9.17) is 9.47 Å². The van der Waals surface area contributed by atoms with Crippen LogP contribution in [-0.2, 0) is 16.1 Å². The molecule has 1 heterocycles. The lowest BCUT2D eigenvalue weighted by atomic mass is 10.2. The fraction of sp³-hybridized carbons (Fsp3) is 0.455. The van der Waals surface area contributed by atoms with Crippen LogP contribution in [0.1, 0.15) is 5.56 Å². The zero-order valence-corrected chi connectivity index (χ0v) is 7.89. The normalized spacial score (nSPS) is 21.9. The average molecular weight is 193 g/mol. The lowest BCUT2D eigenvalue weighted by Crippen LogP contribution is -2.35. The van der Waals surface area contributed by atoms with Crippen molar-refractivity contribution >= 4 is 0 Å². The molecule has 76 valence electrons. The summed E-state index contributed by atoms with van der Waals surface area (Å²) in [4.78, 5) is 0. The highest BCUT2D eigenvalue weighted by Gasteiger charge is 2.24. The van der Waals surface area contributed by atoms with E-state index in [0.717, 1.165) is 5.56 Å². The molecule has 1 aliphatic rings. The Balaban J connectivity index is 1.67. The summed E-state index contributed by atoms with van der Waals surface area (Å²) in [7, 11) is 0. The highest BCUT2D eigenvalue weighted by Crippen LogP contribution is 2.12. The molecule has 3 nitrogen and oxygen atoms in total. The van der Waals surface area contributed by atoms with Gasteiger partial charge in [-0.3, -0.25) is 0 Å². The van der Waals surface area contributed by atoms with Gasteiger partial charge >= 0.3 is 0 Å². The van der Waals surface area contributed by atoms with Crippen LogP contribution in [0.15, 0.2) is 30.3 Å². The quantitative estimate of drug-likeness (QED) is 0.633. The van der Waals surface area contributed by atoms with Crippen LogP contribution >= 0.6 is 0 Å². The minimum Gasteiger partial charge on any atom is -0.848 e. The fourth-order valence-electron chi connectivity index (χ4n) is 1.24. The molecule has 1 aromatic rings. The van der Waals surface area contributed by atoms with Gasteiger partial charge in [-0.25, -0.2) is 0 Å². The monoisotopic (exact) mass is 193 g/mol. The van der Waals surface area contributed by atoms with Crippen LogP contribution in [0, 0.1) is 0 Å². The first-order valence-electron chi connectivity index (χ1n) is 4.75. The molecule has 1 saturated heterocycles. The molecule has 0 radical (unpaired) electrons. The van der Waals surface area contributed by atoms with Gasteiger partial charge in [-0.1, -0.05) is 36.4 Å². The molecule has 0 amide bonds. The van der Waals surface area contributed by atoms with Crippen molar-refractivity contribution in [3.63, 3.8) is 0 Å². The number of benzene rings is 1. The van der Waals surface area contributed by atoms with E-state index in [1.54, 1.807) is 0 Å². The van der Waals surface area contributed by atoms with Gasteiger partial charge in [0.1, 0.15) is 0 Å². The summed E-state index contributed by atoms with van der Waals surface area (Å²) in [5.41, 5.74) is 1.09. The third-order valence-electron chi connectivity index (χ3n) is 2.17. The van der Waals surface area contributed by atoms with Gasteiger partial charge in [0.05, 0.1) is 19.3 Å². The van der Waals surface area contributed by atoms with Gasteiger partial charge in [0.2, 0.25) is 0 Å². The molecule has 0 aromatic heterocycles. The first-order valence-corrected chi connectivity index (χ1v) is 4.75. The van der Waals surface area contributed by atoms with Crippen molar-refractivity contribution in [2.24, 2.45) is 0 Å². The first-order chi connectivity index (χ1) is 6.86. The molecule has 2 atom stereocenters. The van der Waals surface area contributed by atoms with Crippen molar-refractivity contribution < 1.29 is 14.6 Å². The van der Waals surface area contributed by atoms with Gasteiger partial charge in [0.15, 0.2) is 0 Å². The van der Waals surface area contributed by atoms with Crippen molar-refractivity contribution in [1.82, 2.24) is 0 Å². The molecule has 0 aliphatic carbocycles. The van der Waals surface area contributed by atoms with Crippen molar-refractivity contribution in [3.05, 3.63) is 35.9 Å². The van der Waals surface area contributed by atoms with Crippen molar-refractivity contribution in [1.29, 1.82) is 0 Å². The van der Waals surface area contributed by atoms with E-state index in [1.807, 2.05) is 30.3 Å². The summed E-state index contributed by atoms with van der Waals surface area (Å²) in [5, 5.41) is 11.2. The maximum Gasteiger partial charge on any atom is 0.0723 e. The van der Waals surface area contributed by atoms with Gasteiger partial charge in [0, 0.05) is 6.61 Å². The van der Waals surface area contributed by atoms with Gasteiger partial charge in [-0.2, -0.15) is 0 Å². The lowest BCUT2D eigenvalue weighted by molar-refractivity contribution is -0.431. The van der Waals surface area contributed by atoms with E-state index >= 15 is 0 Å². The van der Waals surface area contributed by atoms with Crippen LogP contribution in [0.3, 0.4) is 0 Å². The Morgan fingerprint density at radius 1 is 1.43 bits per heavy atom. The highest BCUT2D eigenvalue weighted by atomic mass is 16.6. The second kappa shape index (κ2) is 4.55. The van der Waals surface area contributed by atoms with Crippen LogP contribution in [0.5, 0.6) is 0 Å². The Hall–Kier alpha value is -0.900. The summed E-state index contributed by atoms with van der Waals surface area (Å²) in [5.74, 6) is 0. The predicted molar refractivity (Wildman–Crippen MR) is 49.6 cm³/mol. The molecule has 1 aromatic carbocycles. The van der Waals surface area contributed by atoms with Crippen LogP contribution in [0.25, 0.3) is 0 Å². The maximum absolute atomic E-state index is 11.2.